The molecule has 1 N–H and O–H groups in total. The molecule has 0 bridgehead atoms. The Labute approximate surface area is 124 Å². The topological polar surface area (TPSA) is 76.3 Å². The molecule has 0 aliphatic rings. The molecule has 0 aliphatic heterocycles. The highest BCUT2D eigenvalue weighted by atomic mass is 16.5. The van der Waals surface area contributed by atoms with Crippen molar-refractivity contribution in [3.05, 3.63) is 12.0 Å². The second kappa shape index (κ2) is 6.82. The number of aryl methyl sites for hydroxylation is 2. The van der Waals surface area contributed by atoms with Crippen molar-refractivity contribution in [2.24, 2.45) is 7.05 Å². The highest BCUT2D eigenvalue weighted by Gasteiger charge is 2.16. The van der Waals surface area contributed by atoms with Gasteiger partial charge in [-0.15, -0.1) is 0 Å². The zero-order chi connectivity index (χ0) is 15.4. The van der Waals surface area contributed by atoms with Gasteiger partial charge in [0.2, 0.25) is 0 Å². The third kappa shape index (κ3) is 3.48. The van der Waals surface area contributed by atoms with E-state index in [9.17, 15) is 5.11 Å². The molecule has 0 spiro atoms. The van der Waals surface area contributed by atoms with Crippen LogP contribution in [0.3, 0.4) is 0 Å². The van der Waals surface area contributed by atoms with E-state index in [1.54, 1.807) is 18.0 Å². The van der Waals surface area contributed by atoms with E-state index < -0.39 is 6.10 Å². The maximum atomic E-state index is 9.90. The number of rotatable bonds is 7. The van der Waals surface area contributed by atoms with Crippen LogP contribution in [0.5, 0.6) is 0 Å². The molecule has 7 heteroatoms. The maximum absolute atomic E-state index is 9.90. The zero-order valence-electron chi connectivity index (χ0n) is 13.1. The molecule has 0 aromatic carbocycles. The monoisotopic (exact) mass is 293 g/mol. The SMILES string of the molecule is CCCc1nc(N(C)C[C@H](O)COC)c2cnn(C)c2n1. The molecule has 116 valence electrons. The summed E-state index contributed by atoms with van der Waals surface area (Å²) < 4.78 is 6.72. The molecule has 0 amide bonds. The van der Waals surface area contributed by atoms with Gasteiger partial charge < -0.3 is 14.7 Å². The smallest absolute Gasteiger partial charge is 0.163 e. The Morgan fingerprint density at radius 2 is 2.19 bits per heavy atom. The van der Waals surface area contributed by atoms with Crippen molar-refractivity contribution in [3.63, 3.8) is 0 Å². The number of likely N-dealkylation sites (N-methyl/N-ethyl adjacent to an activating group) is 1. The van der Waals surface area contributed by atoms with Gasteiger partial charge >= 0.3 is 0 Å². The molecular weight excluding hydrogens is 270 g/mol. The maximum Gasteiger partial charge on any atom is 0.163 e. The first-order valence-electron chi connectivity index (χ1n) is 7.13. The summed E-state index contributed by atoms with van der Waals surface area (Å²) in [7, 11) is 5.35. The number of ether oxygens (including phenoxy) is 1. The van der Waals surface area contributed by atoms with Crippen LogP contribution in [0.4, 0.5) is 5.82 Å². The number of hydrogen-bond donors (Lipinski definition) is 1. The Morgan fingerprint density at radius 1 is 1.43 bits per heavy atom. The lowest BCUT2D eigenvalue weighted by molar-refractivity contribution is 0.0694. The van der Waals surface area contributed by atoms with Crippen molar-refractivity contribution >= 4 is 16.9 Å². The van der Waals surface area contributed by atoms with Crippen LogP contribution in [0.15, 0.2) is 6.20 Å². The molecule has 0 fully saturated rings. The lowest BCUT2D eigenvalue weighted by Gasteiger charge is -2.22. The fourth-order valence-corrected chi connectivity index (χ4v) is 2.33. The third-order valence-electron chi connectivity index (χ3n) is 3.30. The Kier molecular flexibility index (Phi) is 5.08. The number of methoxy groups -OCH3 is 1. The highest BCUT2D eigenvalue weighted by Crippen LogP contribution is 2.23. The number of anilines is 1. The van der Waals surface area contributed by atoms with Gasteiger partial charge in [0.15, 0.2) is 5.65 Å². The van der Waals surface area contributed by atoms with Gasteiger partial charge in [0, 0.05) is 34.2 Å². The summed E-state index contributed by atoms with van der Waals surface area (Å²) in [6.45, 7) is 2.84. The zero-order valence-corrected chi connectivity index (χ0v) is 13.1. The van der Waals surface area contributed by atoms with Gasteiger partial charge in [-0.1, -0.05) is 6.92 Å². The molecule has 2 rings (SSSR count). The average Bonchev–Trinajstić information content (AvgIpc) is 2.80. The Morgan fingerprint density at radius 3 is 2.86 bits per heavy atom. The van der Waals surface area contributed by atoms with Crippen LogP contribution in [0.25, 0.3) is 11.0 Å². The minimum Gasteiger partial charge on any atom is -0.389 e. The van der Waals surface area contributed by atoms with E-state index in [1.165, 1.54) is 0 Å². The van der Waals surface area contributed by atoms with E-state index in [2.05, 4.69) is 22.0 Å². The molecule has 0 radical (unpaired) electrons. The van der Waals surface area contributed by atoms with E-state index in [0.29, 0.717) is 13.2 Å². The van der Waals surface area contributed by atoms with Gasteiger partial charge in [-0.05, 0) is 6.42 Å². The molecule has 2 heterocycles. The van der Waals surface area contributed by atoms with Crippen LogP contribution in [0.1, 0.15) is 19.2 Å². The summed E-state index contributed by atoms with van der Waals surface area (Å²) in [6, 6.07) is 0. The van der Waals surface area contributed by atoms with E-state index in [0.717, 1.165) is 35.5 Å². The molecule has 21 heavy (non-hydrogen) atoms. The third-order valence-corrected chi connectivity index (χ3v) is 3.30. The number of fused-ring (bicyclic) bond motifs is 1. The summed E-state index contributed by atoms with van der Waals surface area (Å²) in [5.74, 6) is 1.60. The second-order valence-electron chi connectivity index (χ2n) is 5.21. The Bertz CT molecular complexity index is 598. The van der Waals surface area contributed by atoms with Crippen molar-refractivity contribution in [2.45, 2.75) is 25.9 Å². The molecule has 1 atom stereocenters. The standard InChI is InChI=1S/C14H23N5O2/c1-5-6-12-16-13(18(2)8-10(20)9-21-4)11-7-15-19(3)14(11)17-12/h7,10,20H,5-6,8-9H2,1-4H3/t10-/m0/s1. The van der Waals surface area contributed by atoms with Crippen molar-refractivity contribution in [3.8, 4) is 0 Å². The van der Waals surface area contributed by atoms with Crippen molar-refractivity contribution < 1.29 is 9.84 Å². The van der Waals surface area contributed by atoms with Crippen LogP contribution in [0, 0.1) is 0 Å². The molecule has 0 saturated heterocycles. The van der Waals surface area contributed by atoms with Gasteiger partial charge in [0.25, 0.3) is 0 Å². The van der Waals surface area contributed by atoms with Crippen LogP contribution in [-0.4, -0.2) is 58.3 Å². The molecule has 0 aliphatic carbocycles. The first-order valence-corrected chi connectivity index (χ1v) is 7.13. The van der Waals surface area contributed by atoms with E-state index in [4.69, 9.17) is 4.74 Å². The van der Waals surface area contributed by atoms with Gasteiger partial charge in [-0.3, -0.25) is 4.68 Å². The van der Waals surface area contributed by atoms with Crippen molar-refractivity contribution in [1.29, 1.82) is 0 Å². The van der Waals surface area contributed by atoms with Crippen LogP contribution < -0.4 is 4.90 Å². The summed E-state index contributed by atoms with van der Waals surface area (Å²) >= 11 is 0. The van der Waals surface area contributed by atoms with Gasteiger partial charge in [-0.25, -0.2) is 9.97 Å². The molecule has 2 aromatic rings. The number of aliphatic hydroxyl groups excluding tert-OH is 1. The number of aliphatic hydroxyl groups is 1. The number of nitrogens with zero attached hydrogens (tertiary/aromatic N) is 5. The molecular formula is C14H23N5O2. The number of aromatic nitrogens is 4. The summed E-state index contributed by atoms with van der Waals surface area (Å²) in [6.07, 6.45) is 3.01. The molecule has 2 aromatic heterocycles. The lowest BCUT2D eigenvalue weighted by Crippen LogP contribution is -2.32. The average molecular weight is 293 g/mol. The minimum absolute atomic E-state index is 0.299. The van der Waals surface area contributed by atoms with E-state index in [1.807, 2.05) is 19.0 Å². The first-order chi connectivity index (χ1) is 10.1. The van der Waals surface area contributed by atoms with Crippen LogP contribution in [-0.2, 0) is 18.2 Å². The Hall–Kier alpha value is -1.73. The van der Waals surface area contributed by atoms with Crippen LogP contribution >= 0.6 is 0 Å². The quantitative estimate of drug-likeness (QED) is 0.812. The predicted octanol–water partition coefficient (Wildman–Crippen LogP) is 0.759. The normalized spacial score (nSPS) is 12.8. The van der Waals surface area contributed by atoms with Gasteiger partial charge in [-0.2, -0.15) is 5.10 Å². The van der Waals surface area contributed by atoms with Gasteiger partial charge in [0.05, 0.1) is 24.3 Å². The summed E-state index contributed by atoms with van der Waals surface area (Å²) in [5.41, 5.74) is 0.816. The fourth-order valence-electron chi connectivity index (χ4n) is 2.33. The highest BCUT2D eigenvalue weighted by molar-refractivity contribution is 5.86. The van der Waals surface area contributed by atoms with Crippen molar-refractivity contribution in [2.75, 3.05) is 32.2 Å². The van der Waals surface area contributed by atoms with E-state index >= 15 is 0 Å². The second-order valence-corrected chi connectivity index (χ2v) is 5.21. The summed E-state index contributed by atoms with van der Waals surface area (Å²) in [4.78, 5) is 11.1. The van der Waals surface area contributed by atoms with Crippen molar-refractivity contribution in [1.82, 2.24) is 19.7 Å². The van der Waals surface area contributed by atoms with E-state index in [-0.39, 0.29) is 0 Å². The van der Waals surface area contributed by atoms with Crippen LogP contribution in [0.2, 0.25) is 0 Å². The number of hydrogen-bond acceptors (Lipinski definition) is 6. The summed E-state index contributed by atoms with van der Waals surface area (Å²) in [5, 5.41) is 15.0. The molecule has 0 unspecified atom stereocenters. The predicted molar refractivity (Wildman–Crippen MR) is 81.5 cm³/mol. The fraction of sp³-hybridized carbons (Fsp3) is 0.643. The Balaban J connectivity index is 2.36. The largest absolute Gasteiger partial charge is 0.389 e. The first kappa shape index (κ1) is 15.7. The molecule has 7 nitrogen and oxygen atoms in total. The lowest BCUT2D eigenvalue weighted by atomic mass is 10.3. The minimum atomic E-state index is -0.559. The van der Waals surface area contributed by atoms with Gasteiger partial charge in [0.1, 0.15) is 11.6 Å². The molecule has 0 saturated carbocycles.